The van der Waals surface area contributed by atoms with Crippen molar-refractivity contribution in [2.75, 3.05) is 0 Å². The number of amides is 1. The van der Waals surface area contributed by atoms with E-state index in [0.29, 0.717) is 11.6 Å². The molecule has 2 heterocycles. The third kappa shape index (κ3) is 2.54. The molecule has 1 atom stereocenters. The van der Waals surface area contributed by atoms with Crippen molar-refractivity contribution >= 4 is 11.7 Å². The van der Waals surface area contributed by atoms with Gasteiger partial charge in [0.15, 0.2) is 0 Å². The van der Waals surface area contributed by atoms with Gasteiger partial charge in [-0.3, -0.25) is 9.20 Å². The van der Waals surface area contributed by atoms with E-state index in [1.54, 1.807) is 4.40 Å². The number of nitrogens with one attached hydrogen (secondary N) is 1. The maximum Gasteiger partial charge on any atom is 0.289 e. The molecule has 0 spiro atoms. The van der Waals surface area contributed by atoms with Gasteiger partial charge in [0.05, 0.1) is 0 Å². The molecule has 1 aliphatic carbocycles. The lowest BCUT2D eigenvalue weighted by atomic mass is 9.88. The number of fused-ring (bicyclic) bond motifs is 2. The van der Waals surface area contributed by atoms with Crippen LogP contribution in [0.15, 0.2) is 30.3 Å². The molecular weight excluding hydrogens is 302 g/mol. The van der Waals surface area contributed by atoms with E-state index >= 15 is 0 Å². The van der Waals surface area contributed by atoms with E-state index in [1.807, 2.05) is 26.0 Å². The fourth-order valence-electron chi connectivity index (χ4n) is 3.45. The summed E-state index contributed by atoms with van der Waals surface area (Å²) < 4.78 is 1.71. The highest BCUT2D eigenvalue weighted by Crippen LogP contribution is 2.21. The van der Waals surface area contributed by atoms with Crippen LogP contribution in [0.4, 0.5) is 0 Å². The Morgan fingerprint density at radius 1 is 1.21 bits per heavy atom. The summed E-state index contributed by atoms with van der Waals surface area (Å²) in [5, 5.41) is 11.2. The topological polar surface area (TPSA) is 72.2 Å². The van der Waals surface area contributed by atoms with Crippen LogP contribution in [0.1, 0.15) is 39.6 Å². The van der Waals surface area contributed by atoms with Crippen molar-refractivity contribution in [1.82, 2.24) is 24.9 Å². The minimum absolute atomic E-state index is 0.124. The van der Waals surface area contributed by atoms with Gasteiger partial charge >= 0.3 is 0 Å². The summed E-state index contributed by atoms with van der Waals surface area (Å²) in [7, 11) is 0. The maximum atomic E-state index is 12.7. The number of carbonyl (C=O) groups excluding carboxylic acids is 1. The van der Waals surface area contributed by atoms with Crippen molar-refractivity contribution in [1.29, 1.82) is 0 Å². The highest BCUT2D eigenvalue weighted by molar-refractivity contribution is 5.91. The first-order chi connectivity index (χ1) is 11.6. The number of hydrogen-bond donors (Lipinski definition) is 1. The maximum absolute atomic E-state index is 12.7. The minimum atomic E-state index is -0.194. The molecule has 3 aromatic rings. The van der Waals surface area contributed by atoms with Crippen molar-refractivity contribution in [2.45, 2.75) is 39.2 Å². The zero-order chi connectivity index (χ0) is 16.7. The molecule has 4 rings (SSSR count). The van der Waals surface area contributed by atoms with E-state index in [2.05, 4.69) is 38.7 Å². The molecule has 1 aromatic carbocycles. The van der Waals surface area contributed by atoms with Crippen LogP contribution >= 0.6 is 0 Å². The van der Waals surface area contributed by atoms with Gasteiger partial charge in [-0.2, -0.15) is 0 Å². The zero-order valence-electron chi connectivity index (χ0n) is 13.8. The Morgan fingerprint density at radius 2 is 2.00 bits per heavy atom. The van der Waals surface area contributed by atoms with Crippen LogP contribution < -0.4 is 5.32 Å². The first-order valence-electron chi connectivity index (χ1n) is 8.19. The largest absolute Gasteiger partial charge is 0.346 e. The molecular formula is C18H19N5O. The van der Waals surface area contributed by atoms with Crippen molar-refractivity contribution in [3.05, 3.63) is 58.7 Å². The first-order valence-corrected chi connectivity index (χ1v) is 8.19. The summed E-state index contributed by atoms with van der Waals surface area (Å²) in [4.78, 5) is 17.0. The molecule has 0 radical (unpaired) electrons. The summed E-state index contributed by atoms with van der Waals surface area (Å²) >= 11 is 0. The van der Waals surface area contributed by atoms with E-state index in [9.17, 15) is 4.79 Å². The smallest absolute Gasteiger partial charge is 0.289 e. The van der Waals surface area contributed by atoms with Crippen LogP contribution in [0, 0.1) is 13.8 Å². The molecule has 6 nitrogen and oxygen atoms in total. The quantitative estimate of drug-likeness (QED) is 0.784. The molecule has 24 heavy (non-hydrogen) atoms. The Morgan fingerprint density at radius 3 is 2.83 bits per heavy atom. The number of rotatable bonds is 2. The fraction of sp³-hybridized carbons (Fsp3) is 0.333. The minimum Gasteiger partial charge on any atom is -0.346 e. The molecule has 6 heteroatoms. The standard InChI is InChI=1S/C18H19N5O/c1-11-9-12(2)23-16(21-22-18(23)19-11)17(24)20-15-8-7-13-5-3-4-6-14(13)10-15/h3-6,9,15H,7-8,10H2,1-2H3,(H,20,24)/t15-/m1/s1. The van der Waals surface area contributed by atoms with Crippen molar-refractivity contribution in [3.8, 4) is 0 Å². The lowest BCUT2D eigenvalue weighted by Crippen LogP contribution is -2.39. The summed E-state index contributed by atoms with van der Waals surface area (Å²) in [6.45, 7) is 3.83. The SMILES string of the molecule is Cc1cc(C)n2c(C(=O)N[C@@H]3CCc4ccccc4C3)nnc2n1. The van der Waals surface area contributed by atoms with Crippen LogP contribution in [0.3, 0.4) is 0 Å². The monoisotopic (exact) mass is 321 g/mol. The van der Waals surface area contributed by atoms with Gasteiger partial charge in [0.2, 0.25) is 5.82 Å². The third-order valence-corrected chi connectivity index (χ3v) is 4.58. The molecule has 1 N–H and O–H groups in total. The predicted molar refractivity (Wildman–Crippen MR) is 90.0 cm³/mol. The second-order valence-corrected chi connectivity index (χ2v) is 6.38. The number of hydrogen-bond acceptors (Lipinski definition) is 4. The Balaban J connectivity index is 1.57. The zero-order valence-corrected chi connectivity index (χ0v) is 13.8. The molecule has 0 saturated heterocycles. The molecule has 0 aliphatic heterocycles. The molecule has 122 valence electrons. The average molecular weight is 321 g/mol. The molecule has 0 saturated carbocycles. The van der Waals surface area contributed by atoms with Crippen LogP contribution in [0.25, 0.3) is 5.78 Å². The summed E-state index contributed by atoms with van der Waals surface area (Å²) in [5.41, 5.74) is 4.46. The Kier molecular flexibility index (Phi) is 3.52. The van der Waals surface area contributed by atoms with E-state index in [4.69, 9.17) is 0 Å². The van der Waals surface area contributed by atoms with Crippen LogP contribution in [-0.4, -0.2) is 31.5 Å². The Hall–Kier alpha value is -2.76. The van der Waals surface area contributed by atoms with Gasteiger partial charge < -0.3 is 5.32 Å². The number of aromatic nitrogens is 4. The van der Waals surface area contributed by atoms with Crippen LogP contribution in [0.5, 0.6) is 0 Å². The Bertz CT molecular complexity index is 930. The summed E-state index contributed by atoms with van der Waals surface area (Å²) in [6.07, 6.45) is 2.78. The molecule has 0 bridgehead atoms. The second kappa shape index (κ2) is 5.70. The molecule has 0 fully saturated rings. The number of benzene rings is 1. The van der Waals surface area contributed by atoms with Crippen molar-refractivity contribution in [3.63, 3.8) is 0 Å². The number of nitrogens with zero attached hydrogens (tertiary/aromatic N) is 4. The predicted octanol–water partition coefficient (Wildman–Crippen LogP) is 2.03. The highest BCUT2D eigenvalue weighted by atomic mass is 16.2. The van der Waals surface area contributed by atoms with Crippen LogP contribution in [-0.2, 0) is 12.8 Å². The van der Waals surface area contributed by atoms with Gasteiger partial charge in [-0.05, 0) is 50.3 Å². The van der Waals surface area contributed by atoms with Gasteiger partial charge in [-0.25, -0.2) is 4.98 Å². The first kappa shape index (κ1) is 14.8. The van der Waals surface area contributed by atoms with E-state index in [1.165, 1.54) is 11.1 Å². The number of carbonyl (C=O) groups is 1. The molecule has 1 aliphatic rings. The van der Waals surface area contributed by atoms with Gasteiger partial charge in [-0.15, -0.1) is 10.2 Å². The van der Waals surface area contributed by atoms with Crippen molar-refractivity contribution in [2.24, 2.45) is 0 Å². The normalized spacial score (nSPS) is 16.8. The summed E-state index contributed by atoms with van der Waals surface area (Å²) in [6, 6.07) is 10.5. The number of aryl methyl sites for hydroxylation is 3. The van der Waals surface area contributed by atoms with Gasteiger partial charge in [0, 0.05) is 17.4 Å². The fourth-order valence-corrected chi connectivity index (χ4v) is 3.45. The van der Waals surface area contributed by atoms with Crippen LogP contribution in [0.2, 0.25) is 0 Å². The van der Waals surface area contributed by atoms with E-state index in [-0.39, 0.29) is 11.9 Å². The highest BCUT2D eigenvalue weighted by Gasteiger charge is 2.23. The molecule has 2 aromatic heterocycles. The van der Waals surface area contributed by atoms with Gasteiger partial charge in [-0.1, -0.05) is 24.3 Å². The van der Waals surface area contributed by atoms with E-state index < -0.39 is 0 Å². The second-order valence-electron chi connectivity index (χ2n) is 6.38. The molecule has 0 unspecified atom stereocenters. The van der Waals surface area contributed by atoms with Gasteiger partial charge in [0.25, 0.3) is 11.7 Å². The third-order valence-electron chi connectivity index (χ3n) is 4.58. The van der Waals surface area contributed by atoms with E-state index in [0.717, 1.165) is 30.7 Å². The lowest BCUT2D eigenvalue weighted by molar-refractivity contribution is 0.0921. The summed E-state index contributed by atoms with van der Waals surface area (Å²) in [5.74, 6) is 0.570. The molecule has 1 amide bonds. The van der Waals surface area contributed by atoms with Crippen molar-refractivity contribution < 1.29 is 4.79 Å². The Labute approximate surface area is 139 Å². The van der Waals surface area contributed by atoms with Gasteiger partial charge in [0.1, 0.15) is 0 Å². The average Bonchev–Trinajstić information content (AvgIpc) is 2.99. The lowest BCUT2D eigenvalue weighted by Gasteiger charge is -2.25.